The molecule has 0 saturated heterocycles. The first kappa shape index (κ1) is 15.2. The largest absolute Gasteiger partial charge is 0.508 e. The van der Waals surface area contributed by atoms with E-state index in [4.69, 9.17) is 23.2 Å². The molecular formula is C15H10Cl2O4. The molecule has 0 aromatic heterocycles. The summed E-state index contributed by atoms with van der Waals surface area (Å²) in [6.45, 7) is 0. The molecule has 0 radical (unpaired) electrons. The van der Waals surface area contributed by atoms with Gasteiger partial charge in [-0.3, -0.25) is 4.79 Å². The fourth-order valence-electron chi connectivity index (χ4n) is 1.74. The van der Waals surface area contributed by atoms with Crippen LogP contribution in [0.3, 0.4) is 0 Å². The monoisotopic (exact) mass is 324 g/mol. The highest BCUT2D eigenvalue weighted by atomic mass is 35.5. The van der Waals surface area contributed by atoms with Gasteiger partial charge >= 0.3 is 0 Å². The topological polar surface area (TPSA) is 77.8 Å². The van der Waals surface area contributed by atoms with E-state index in [0.29, 0.717) is 15.6 Å². The van der Waals surface area contributed by atoms with Gasteiger partial charge in [0.1, 0.15) is 22.8 Å². The van der Waals surface area contributed by atoms with Gasteiger partial charge in [0.2, 0.25) is 0 Å². The average molecular weight is 325 g/mol. The van der Waals surface area contributed by atoms with E-state index in [2.05, 4.69) is 0 Å². The molecule has 4 nitrogen and oxygen atoms in total. The lowest BCUT2D eigenvalue weighted by Gasteiger charge is -2.05. The summed E-state index contributed by atoms with van der Waals surface area (Å²) in [5.41, 5.74) is 0.265. The van der Waals surface area contributed by atoms with E-state index in [0.717, 1.165) is 18.2 Å². The lowest BCUT2D eigenvalue weighted by molar-refractivity contribution is 0.104. The van der Waals surface area contributed by atoms with E-state index in [-0.39, 0.29) is 11.3 Å². The molecule has 0 unspecified atom stereocenters. The molecule has 0 fully saturated rings. The Bertz CT molecular complexity index is 715. The van der Waals surface area contributed by atoms with E-state index in [1.807, 2.05) is 0 Å². The predicted octanol–water partition coefficient (Wildman–Crippen LogP) is 4.01. The second-order valence-corrected chi connectivity index (χ2v) is 5.07. The number of hydrogen-bond acceptors (Lipinski definition) is 4. The van der Waals surface area contributed by atoms with Gasteiger partial charge in [0, 0.05) is 22.2 Å². The van der Waals surface area contributed by atoms with Crippen LogP contribution in [0, 0.1) is 0 Å². The van der Waals surface area contributed by atoms with Gasteiger partial charge in [-0.15, -0.1) is 0 Å². The Balaban J connectivity index is 2.32. The number of phenols is 3. The zero-order valence-electron chi connectivity index (χ0n) is 10.5. The Morgan fingerprint density at radius 2 is 1.62 bits per heavy atom. The number of ketones is 1. The molecule has 2 rings (SSSR count). The van der Waals surface area contributed by atoms with Crippen molar-refractivity contribution in [1.82, 2.24) is 0 Å². The number of aromatic hydroxyl groups is 3. The number of allylic oxidation sites excluding steroid dienone is 1. The molecule has 0 saturated carbocycles. The summed E-state index contributed by atoms with van der Waals surface area (Å²) < 4.78 is 0. The molecule has 0 aliphatic heterocycles. The lowest BCUT2D eigenvalue weighted by atomic mass is 10.1. The maximum Gasteiger partial charge on any atom is 0.193 e. The summed E-state index contributed by atoms with van der Waals surface area (Å²) in [4.78, 5) is 12.0. The van der Waals surface area contributed by atoms with Gasteiger partial charge in [-0.1, -0.05) is 29.3 Å². The van der Waals surface area contributed by atoms with Gasteiger partial charge in [-0.05, 0) is 29.8 Å². The van der Waals surface area contributed by atoms with Crippen LogP contribution in [-0.2, 0) is 0 Å². The van der Waals surface area contributed by atoms with E-state index in [1.54, 1.807) is 12.1 Å². The molecule has 3 N–H and O–H groups in total. The fourth-order valence-corrected chi connectivity index (χ4v) is 2.21. The summed E-state index contributed by atoms with van der Waals surface area (Å²) in [6.07, 6.45) is 2.59. The Morgan fingerprint density at radius 1 is 1.00 bits per heavy atom. The summed E-state index contributed by atoms with van der Waals surface area (Å²) in [6, 6.07) is 6.72. The first-order valence-corrected chi connectivity index (χ1v) is 6.56. The molecule has 108 valence electrons. The van der Waals surface area contributed by atoms with Crippen molar-refractivity contribution in [1.29, 1.82) is 0 Å². The normalized spacial score (nSPS) is 11.0. The summed E-state index contributed by atoms with van der Waals surface area (Å²) >= 11 is 11.7. The van der Waals surface area contributed by atoms with Crippen LogP contribution in [0.5, 0.6) is 17.2 Å². The van der Waals surface area contributed by atoms with Gasteiger partial charge in [-0.25, -0.2) is 0 Å². The second-order valence-electron chi connectivity index (χ2n) is 4.22. The first-order valence-electron chi connectivity index (χ1n) is 5.81. The van der Waals surface area contributed by atoms with Crippen molar-refractivity contribution in [3.05, 3.63) is 57.6 Å². The highest BCUT2D eigenvalue weighted by Crippen LogP contribution is 2.32. The minimum absolute atomic E-state index is 0.297. The SMILES string of the molecule is O=C(/C=C/c1ccc(Cl)cc1Cl)c1c(O)cc(O)cc1O. The first-order chi connectivity index (χ1) is 9.88. The molecular weight excluding hydrogens is 315 g/mol. The van der Waals surface area contributed by atoms with Crippen molar-refractivity contribution >= 4 is 35.1 Å². The number of carbonyl (C=O) groups excluding carboxylic acids is 1. The van der Waals surface area contributed by atoms with E-state index < -0.39 is 17.3 Å². The van der Waals surface area contributed by atoms with Crippen LogP contribution in [-0.4, -0.2) is 21.1 Å². The zero-order valence-corrected chi connectivity index (χ0v) is 12.1. The molecule has 0 bridgehead atoms. The lowest BCUT2D eigenvalue weighted by Crippen LogP contribution is -1.95. The van der Waals surface area contributed by atoms with Gasteiger partial charge in [0.25, 0.3) is 0 Å². The molecule has 21 heavy (non-hydrogen) atoms. The van der Waals surface area contributed by atoms with E-state index in [9.17, 15) is 20.1 Å². The summed E-state index contributed by atoms with van der Waals surface area (Å²) in [5.74, 6) is -1.99. The van der Waals surface area contributed by atoms with Crippen LogP contribution in [0.1, 0.15) is 15.9 Å². The Kier molecular flexibility index (Phi) is 4.40. The van der Waals surface area contributed by atoms with Crippen LogP contribution in [0.25, 0.3) is 6.08 Å². The summed E-state index contributed by atoms with van der Waals surface area (Å²) in [7, 11) is 0. The van der Waals surface area contributed by atoms with Crippen LogP contribution >= 0.6 is 23.2 Å². The second kappa shape index (κ2) is 6.08. The van der Waals surface area contributed by atoms with Crippen LogP contribution in [0.4, 0.5) is 0 Å². The molecule has 0 aliphatic carbocycles. The van der Waals surface area contributed by atoms with Crippen LogP contribution in [0.2, 0.25) is 10.0 Å². The third-order valence-electron chi connectivity index (χ3n) is 2.70. The van der Waals surface area contributed by atoms with Crippen LogP contribution in [0.15, 0.2) is 36.4 Å². The zero-order chi connectivity index (χ0) is 15.6. The fraction of sp³-hybridized carbons (Fsp3) is 0. The third kappa shape index (κ3) is 3.48. The maximum atomic E-state index is 12.0. The number of carbonyl (C=O) groups is 1. The van der Waals surface area contributed by atoms with Gasteiger partial charge in [-0.2, -0.15) is 0 Å². The Morgan fingerprint density at radius 3 is 2.19 bits per heavy atom. The van der Waals surface area contributed by atoms with Crippen molar-refractivity contribution in [2.45, 2.75) is 0 Å². The maximum absolute atomic E-state index is 12.0. The highest BCUT2D eigenvalue weighted by Gasteiger charge is 2.15. The van der Waals surface area contributed by atoms with Crippen molar-refractivity contribution in [2.24, 2.45) is 0 Å². The number of hydrogen-bond donors (Lipinski definition) is 3. The molecule has 2 aromatic carbocycles. The number of rotatable bonds is 3. The highest BCUT2D eigenvalue weighted by molar-refractivity contribution is 6.35. The Hall–Kier alpha value is -2.17. The Labute approximate surface area is 130 Å². The minimum Gasteiger partial charge on any atom is -0.508 e. The van der Waals surface area contributed by atoms with Crippen molar-refractivity contribution in [3.63, 3.8) is 0 Å². The number of halogens is 2. The van der Waals surface area contributed by atoms with Gasteiger partial charge in [0.15, 0.2) is 5.78 Å². The van der Waals surface area contributed by atoms with Crippen molar-refractivity contribution in [2.75, 3.05) is 0 Å². The number of phenolic OH excluding ortho intramolecular Hbond substituents is 3. The van der Waals surface area contributed by atoms with Gasteiger partial charge < -0.3 is 15.3 Å². The molecule has 0 heterocycles. The standard InChI is InChI=1S/C15H10Cl2O4/c16-9-3-1-8(11(17)5-9)2-4-12(19)15-13(20)6-10(18)7-14(15)21/h1-7,18,20-21H/b4-2+. The van der Waals surface area contributed by atoms with Crippen LogP contribution < -0.4 is 0 Å². The summed E-state index contributed by atoms with van der Waals surface area (Å²) in [5, 5.41) is 29.3. The average Bonchev–Trinajstić information content (AvgIpc) is 2.36. The minimum atomic E-state index is -0.629. The van der Waals surface area contributed by atoms with E-state index >= 15 is 0 Å². The predicted molar refractivity (Wildman–Crippen MR) is 81.3 cm³/mol. The van der Waals surface area contributed by atoms with Crippen molar-refractivity contribution < 1.29 is 20.1 Å². The van der Waals surface area contributed by atoms with Gasteiger partial charge in [0.05, 0.1) is 0 Å². The van der Waals surface area contributed by atoms with E-state index in [1.165, 1.54) is 12.1 Å². The molecule has 2 aromatic rings. The molecule has 6 heteroatoms. The smallest absolute Gasteiger partial charge is 0.193 e. The quantitative estimate of drug-likeness (QED) is 0.589. The molecule has 0 amide bonds. The molecule has 0 spiro atoms. The van der Waals surface area contributed by atoms with Crippen molar-refractivity contribution in [3.8, 4) is 17.2 Å². The molecule has 0 aliphatic rings. The third-order valence-corrected chi connectivity index (χ3v) is 3.27. The number of benzene rings is 2. The molecule has 0 atom stereocenters.